The first-order valence-corrected chi connectivity index (χ1v) is 4.79. The summed E-state index contributed by atoms with van der Waals surface area (Å²) >= 11 is 0. The zero-order valence-electron chi connectivity index (χ0n) is 8.49. The lowest BCUT2D eigenvalue weighted by Gasteiger charge is -2.15. The molecule has 1 aromatic rings. The third kappa shape index (κ3) is 1.89. The molecule has 0 aromatic heterocycles. The van der Waals surface area contributed by atoms with Crippen LogP contribution in [0, 0.1) is 11.3 Å². The Morgan fingerprint density at radius 2 is 2.07 bits per heavy atom. The smallest absolute Gasteiger partial charge is 0.0973 e. The molecule has 0 saturated heterocycles. The highest BCUT2D eigenvalue weighted by molar-refractivity contribution is 5.90. The SMILES string of the molecule is CC1=NNC(c2ccccc2)=C(C#N)C1. The maximum atomic E-state index is 9.04. The summed E-state index contributed by atoms with van der Waals surface area (Å²) in [5.41, 5.74) is 6.44. The predicted molar refractivity (Wildman–Crippen MR) is 59.8 cm³/mol. The number of rotatable bonds is 1. The van der Waals surface area contributed by atoms with E-state index in [4.69, 9.17) is 5.26 Å². The van der Waals surface area contributed by atoms with E-state index >= 15 is 0 Å². The second-order valence-electron chi connectivity index (χ2n) is 3.47. The van der Waals surface area contributed by atoms with Crippen LogP contribution < -0.4 is 5.43 Å². The molecule has 2 rings (SSSR count). The van der Waals surface area contributed by atoms with Crippen LogP contribution in [0.1, 0.15) is 18.9 Å². The number of hydrogen-bond donors (Lipinski definition) is 1. The minimum Gasteiger partial charge on any atom is -0.277 e. The normalized spacial score (nSPS) is 15.3. The van der Waals surface area contributed by atoms with Gasteiger partial charge in [0, 0.05) is 17.7 Å². The van der Waals surface area contributed by atoms with Crippen LogP contribution >= 0.6 is 0 Å². The van der Waals surface area contributed by atoms with Crippen molar-refractivity contribution in [2.24, 2.45) is 5.10 Å². The van der Waals surface area contributed by atoms with E-state index in [2.05, 4.69) is 16.6 Å². The van der Waals surface area contributed by atoms with Crippen LogP contribution in [-0.4, -0.2) is 5.71 Å². The molecule has 0 fully saturated rings. The standard InChI is InChI=1S/C12H11N3/c1-9-7-11(8-13)12(15-14-9)10-5-3-2-4-6-10/h2-6,15H,7H2,1H3. The summed E-state index contributed by atoms with van der Waals surface area (Å²) in [6.45, 7) is 1.91. The third-order valence-corrected chi connectivity index (χ3v) is 2.29. The minimum absolute atomic E-state index is 0.633. The Bertz CT molecular complexity index is 463. The number of nitriles is 1. The van der Waals surface area contributed by atoms with Crippen molar-refractivity contribution in [3.63, 3.8) is 0 Å². The van der Waals surface area contributed by atoms with Gasteiger partial charge in [-0.3, -0.25) is 5.43 Å². The van der Waals surface area contributed by atoms with E-state index in [-0.39, 0.29) is 0 Å². The average Bonchev–Trinajstić information content (AvgIpc) is 2.30. The van der Waals surface area contributed by atoms with Crippen LogP contribution in [0.4, 0.5) is 0 Å². The Hall–Kier alpha value is -2.08. The minimum atomic E-state index is 0.633. The molecular weight excluding hydrogens is 186 g/mol. The highest BCUT2D eigenvalue weighted by atomic mass is 15.3. The molecule has 1 aromatic carbocycles. The molecule has 0 amide bonds. The number of nitrogens with one attached hydrogen (secondary N) is 1. The van der Waals surface area contributed by atoms with Crippen molar-refractivity contribution in [2.75, 3.05) is 0 Å². The van der Waals surface area contributed by atoms with Crippen molar-refractivity contribution in [1.82, 2.24) is 5.43 Å². The Morgan fingerprint density at radius 1 is 1.33 bits per heavy atom. The first kappa shape index (κ1) is 9.47. The maximum absolute atomic E-state index is 9.04. The predicted octanol–water partition coefficient (Wildman–Crippen LogP) is 2.29. The van der Waals surface area contributed by atoms with Gasteiger partial charge in [0.1, 0.15) is 0 Å². The highest BCUT2D eigenvalue weighted by Crippen LogP contribution is 2.21. The molecule has 0 unspecified atom stereocenters. The van der Waals surface area contributed by atoms with Gasteiger partial charge < -0.3 is 0 Å². The van der Waals surface area contributed by atoms with Crippen LogP contribution in [0.25, 0.3) is 5.70 Å². The van der Waals surface area contributed by atoms with E-state index in [1.165, 1.54) is 0 Å². The van der Waals surface area contributed by atoms with Gasteiger partial charge in [0.15, 0.2) is 0 Å². The van der Waals surface area contributed by atoms with Crippen LogP contribution in [0.5, 0.6) is 0 Å². The Balaban J connectivity index is 2.41. The van der Waals surface area contributed by atoms with Crippen LogP contribution in [0.3, 0.4) is 0 Å². The van der Waals surface area contributed by atoms with E-state index in [1.54, 1.807) is 0 Å². The lowest BCUT2D eigenvalue weighted by Crippen LogP contribution is -2.16. The molecule has 0 bridgehead atoms. The molecule has 3 nitrogen and oxygen atoms in total. The summed E-state index contributed by atoms with van der Waals surface area (Å²) < 4.78 is 0. The maximum Gasteiger partial charge on any atom is 0.0973 e. The molecule has 0 saturated carbocycles. The van der Waals surface area contributed by atoms with Gasteiger partial charge in [-0.1, -0.05) is 30.3 Å². The van der Waals surface area contributed by atoms with Gasteiger partial charge in [0.2, 0.25) is 0 Å². The van der Waals surface area contributed by atoms with Gasteiger partial charge in [-0.15, -0.1) is 0 Å². The fourth-order valence-electron chi connectivity index (χ4n) is 1.54. The molecule has 74 valence electrons. The number of hydrazone groups is 1. The van der Waals surface area contributed by atoms with Crippen molar-refractivity contribution < 1.29 is 0 Å². The molecule has 0 spiro atoms. The summed E-state index contributed by atoms with van der Waals surface area (Å²) in [6, 6.07) is 12.0. The molecule has 15 heavy (non-hydrogen) atoms. The second kappa shape index (κ2) is 3.97. The Kier molecular flexibility index (Phi) is 2.51. The van der Waals surface area contributed by atoms with Gasteiger partial charge in [-0.05, 0) is 6.92 Å². The Morgan fingerprint density at radius 3 is 2.73 bits per heavy atom. The summed E-state index contributed by atoms with van der Waals surface area (Å²) in [7, 11) is 0. The van der Waals surface area contributed by atoms with Gasteiger partial charge in [-0.2, -0.15) is 10.4 Å². The fraction of sp³-hybridized carbons (Fsp3) is 0.167. The number of hydrogen-bond acceptors (Lipinski definition) is 3. The summed E-state index contributed by atoms with van der Waals surface area (Å²) in [6.07, 6.45) is 0.633. The summed E-state index contributed by atoms with van der Waals surface area (Å²) in [4.78, 5) is 0. The van der Waals surface area contributed by atoms with Gasteiger partial charge in [-0.25, -0.2) is 0 Å². The second-order valence-corrected chi connectivity index (χ2v) is 3.47. The molecule has 0 aliphatic carbocycles. The lowest BCUT2D eigenvalue weighted by molar-refractivity contribution is 0.941. The van der Waals surface area contributed by atoms with Crippen LogP contribution in [0.15, 0.2) is 41.0 Å². The molecule has 0 radical (unpaired) electrons. The van der Waals surface area contributed by atoms with Crippen molar-refractivity contribution in [3.05, 3.63) is 41.5 Å². The monoisotopic (exact) mass is 197 g/mol. The topological polar surface area (TPSA) is 48.2 Å². The number of allylic oxidation sites excluding steroid dienone is 1. The summed E-state index contributed by atoms with van der Waals surface area (Å²) in [5.74, 6) is 0. The lowest BCUT2D eigenvalue weighted by atomic mass is 10.0. The van der Waals surface area contributed by atoms with Crippen LogP contribution in [-0.2, 0) is 0 Å². The zero-order valence-corrected chi connectivity index (χ0v) is 8.49. The van der Waals surface area contributed by atoms with Crippen molar-refractivity contribution in [3.8, 4) is 6.07 Å². The first-order chi connectivity index (χ1) is 7.31. The fourth-order valence-corrected chi connectivity index (χ4v) is 1.54. The largest absolute Gasteiger partial charge is 0.277 e. The van der Waals surface area contributed by atoms with Gasteiger partial charge in [0.25, 0.3) is 0 Å². The van der Waals surface area contributed by atoms with Crippen molar-refractivity contribution in [1.29, 1.82) is 5.26 Å². The molecule has 1 aliphatic rings. The molecular formula is C12H11N3. The van der Waals surface area contributed by atoms with E-state index in [9.17, 15) is 0 Å². The summed E-state index contributed by atoms with van der Waals surface area (Å²) in [5, 5.41) is 13.2. The number of benzene rings is 1. The molecule has 1 heterocycles. The molecule has 1 N–H and O–H groups in total. The van der Waals surface area contributed by atoms with E-state index < -0.39 is 0 Å². The Labute approximate surface area is 88.7 Å². The quantitative estimate of drug-likeness (QED) is 0.750. The molecule has 1 aliphatic heterocycles. The number of nitrogens with zero attached hydrogens (tertiary/aromatic N) is 2. The molecule has 0 atom stereocenters. The van der Waals surface area contributed by atoms with Crippen LogP contribution in [0.2, 0.25) is 0 Å². The van der Waals surface area contributed by atoms with Crippen molar-refractivity contribution >= 4 is 11.4 Å². The first-order valence-electron chi connectivity index (χ1n) is 4.79. The molecule has 3 heteroatoms. The zero-order chi connectivity index (χ0) is 10.7. The third-order valence-electron chi connectivity index (χ3n) is 2.29. The average molecular weight is 197 g/mol. The van der Waals surface area contributed by atoms with E-state index in [0.717, 1.165) is 22.5 Å². The van der Waals surface area contributed by atoms with E-state index in [0.29, 0.717) is 6.42 Å². The van der Waals surface area contributed by atoms with Gasteiger partial charge in [0.05, 0.1) is 17.3 Å². The van der Waals surface area contributed by atoms with Gasteiger partial charge >= 0.3 is 0 Å². The highest BCUT2D eigenvalue weighted by Gasteiger charge is 2.13. The van der Waals surface area contributed by atoms with E-state index in [1.807, 2.05) is 37.3 Å². The van der Waals surface area contributed by atoms with Crippen molar-refractivity contribution in [2.45, 2.75) is 13.3 Å².